The van der Waals surface area contributed by atoms with Crippen LogP contribution in [0.25, 0.3) is 0 Å². The smallest absolute Gasteiger partial charge is 0.410 e. The maximum Gasteiger partial charge on any atom is 0.410 e. The largest absolute Gasteiger partial charge is 0.445 e. The van der Waals surface area contributed by atoms with Crippen molar-refractivity contribution in [3.63, 3.8) is 0 Å². The van der Waals surface area contributed by atoms with Gasteiger partial charge in [0, 0.05) is 6.54 Å². The molecule has 22 heavy (non-hydrogen) atoms. The molecule has 2 saturated heterocycles. The van der Waals surface area contributed by atoms with Crippen molar-refractivity contribution in [3.8, 4) is 0 Å². The van der Waals surface area contributed by atoms with Gasteiger partial charge in [-0.2, -0.15) is 0 Å². The summed E-state index contributed by atoms with van der Waals surface area (Å²) in [6, 6.07) is 9.51. The Hall–Kier alpha value is -2.30. The predicted molar refractivity (Wildman–Crippen MR) is 82.0 cm³/mol. The highest BCUT2D eigenvalue weighted by Crippen LogP contribution is 2.32. The Kier molecular flexibility index (Phi) is 4.13. The lowest BCUT2D eigenvalue weighted by atomic mass is 9.96. The van der Waals surface area contributed by atoms with Crippen LogP contribution in [0.15, 0.2) is 43.0 Å². The van der Waals surface area contributed by atoms with E-state index in [9.17, 15) is 9.59 Å². The van der Waals surface area contributed by atoms with Crippen LogP contribution in [0.1, 0.15) is 18.4 Å². The Morgan fingerprint density at radius 3 is 2.91 bits per heavy atom. The average molecular weight is 300 g/mol. The number of carbonyl (C=O) groups excluding carboxylic acids is 2. The molecular weight excluding hydrogens is 280 g/mol. The van der Waals surface area contributed by atoms with E-state index in [1.54, 1.807) is 11.0 Å². The van der Waals surface area contributed by atoms with Crippen LogP contribution in [0.2, 0.25) is 0 Å². The molecule has 0 spiro atoms. The second-order valence-electron chi connectivity index (χ2n) is 5.76. The fraction of sp³-hybridized carbons (Fsp3) is 0.412. The molecule has 5 heteroatoms. The molecule has 0 bridgehead atoms. The number of benzene rings is 1. The molecule has 1 N–H and O–H groups in total. The van der Waals surface area contributed by atoms with Crippen LogP contribution < -0.4 is 5.32 Å². The van der Waals surface area contributed by atoms with Gasteiger partial charge in [-0.3, -0.25) is 4.79 Å². The van der Waals surface area contributed by atoms with Crippen LogP contribution in [-0.4, -0.2) is 35.5 Å². The van der Waals surface area contributed by atoms with Gasteiger partial charge in [-0.15, -0.1) is 6.58 Å². The van der Waals surface area contributed by atoms with Gasteiger partial charge in [0.2, 0.25) is 5.91 Å². The highest BCUT2D eigenvalue weighted by Gasteiger charge is 2.50. The van der Waals surface area contributed by atoms with Crippen molar-refractivity contribution in [2.45, 2.75) is 31.5 Å². The normalized spacial score (nSPS) is 26.5. The van der Waals surface area contributed by atoms with Crippen LogP contribution in [0.5, 0.6) is 0 Å². The third kappa shape index (κ3) is 2.71. The van der Waals surface area contributed by atoms with Crippen molar-refractivity contribution in [3.05, 3.63) is 48.6 Å². The number of amides is 2. The first kappa shape index (κ1) is 14.6. The van der Waals surface area contributed by atoms with E-state index in [4.69, 9.17) is 4.74 Å². The number of nitrogens with one attached hydrogen (secondary N) is 1. The second kappa shape index (κ2) is 6.22. The lowest BCUT2D eigenvalue weighted by molar-refractivity contribution is -0.123. The zero-order valence-corrected chi connectivity index (χ0v) is 12.4. The van der Waals surface area contributed by atoms with Gasteiger partial charge >= 0.3 is 6.09 Å². The molecule has 3 rings (SSSR count). The van der Waals surface area contributed by atoms with E-state index in [1.165, 1.54) is 0 Å². The van der Waals surface area contributed by atoms with Gasteiger partial charge in [0.15, 0.2) is 0 Å². The fourth-order valence-electron chi connectivity index (χ4n) is 3.36. The molecule has 1 aromatic carbocycles. The highest BCUT2D eigenvalue weighted by molar-refractivity contribution is 5.84. The van der Waals surface area contributed by atoms with Gasteiger partial charge in [-0.05, 0) is 18.4 Å². The van der Waals surface area contributed by atoms with Gasteiger partial charge < -0.3 is 15.0 Å². The summed E-state index contributed by atoms with van der Waals surface area (Å²) in [5.41, 5.74) is 0.954. The summed E-state index contributed by atoms with van der Waals surface area (Å²) in [5, 5.41) is 2.97. The molecule has 2 aliphatic rings. The van der Waals surface area contributed by atoms with Crippen molar-refractivity contribution in [1.82, 2.24) is 10.2 Å². The van der Waals surface area contributed by atoms with Crippen molar-refractivity contribution >= 4 is 12.0 Å². The number of ether oxygens (including phenoxy) is 1. The summed E-state index contributed by atoms with van der Waals surface area (Å²) < 4.78 is 5.40. The Balaban J connectivity index is 1.65. The molecule has 3 atom stereocenters. The molecule has 0 aromatic heterocycles. The first-order valence-corrected chi connectivity index (χ1v) is 7.59. The molecule has 2 aliphatic heterocycles. The highest BCUT2D eigenvalue weighted by atomic mass is 16.6. The van der Waals surface area contributed by atoms with Gasteiger partial charge in [-0.1, -0.05) is 36.4 Å². The van der Waals surface area contributed by atoms with Crippen molar-refractivity contribution in [1.29, 1.82) is 0 Å². The van der Waals surface area contributed by atoms with Crippen molar-refractivity contribution in [2.75, 3.05) is 6.54 Å². The maximum atomic E-state index is 12.4. The van der Waals surface area contributed by atoms with E-state index in [2.05, 4.69) is 11.9 Å². The summed E-state index contributed by atoms with van der Waals surface area (Å²) in [6.07, 6.45) is 2.75. The SMILES string of the molecule is C=CC[C@@H]1C(=O)N[C@@H]2CCN(C(=O)OCc3ccccc3)[C@@H]12. The number of carbonyl (C=O) groups is 2. The van der Waals surface area contributed by atoms with E-state index in [1.807, 2.05) is 30.3 Å². The lowest BCUT2D eigenvalue weighted by Crippen LogP contribution is -2.42. The standard InChI is InChI=1S/C17H20N2O3/c1-2-6-13-15-14(18-16(13)20)9-10-19(15)17(21)22-11-12-7-4-3-5-8-12/h2-5,7-8,13-15H,1,6,9-11H2,(H,18,20)/t13-,14+,15-/m0/s1. The van der Waals surface area contributed by atoms with Crippen LogP contribution in [0, 0.1) is 5.92 Å². The van der Waals surface area contributed by atoms with Gasteiger partial charge in [-0.25, -0.2) is 4.79 Å². The molecule has 0 unspecified atom stereocenters. The van der Waals surface area contributed by atoms with E-state index >= 15 is 0 Å². The molecule has 0 radical (unpaired) electrons. The number of hydrogen-bond donors (Lipinski definition) is 1. The predicted octanol–water partition coefficient (Wildman–Crippen LogP) is 2.09. The summed E-state index contributed by atoms with van der Waals surface area (Å²) in [6.45, 7) is 4.58. The van der Waals surface area contributed by atoms with Gasteiger partial charge in [0.05, 0.1) is 18.0 Å². The minimum absolute atomic E-state index is 0.00968. The van der Waals surface area contributed by atoms with Crippen LogP contribution in [0.4, 0.5) is 4.79 Å². The third-order valence-electron chi connectivity index (χ3n) is 4.39. The number of likely N-dealkylation sites (tertiary alicyclic amines) is 1. The molecule has 2 fully saturated rings. The molecular formula is C17H20N2O3. The maximum absolute atomic E-state index is 12.4. The van der Waals surface area contributed by atoms with Gasteiger partial charge in [0.1, 0.15) is 6.61 Å². The van der Waals surface area contributed by atoms with E-state index < -0.39 is 0 Å². The van der Waals surface area contributed by atoms with Crippen molar-refractivity contribution < 1.29 is 14.3 Å². The topological polar surface area (TPSA) is 58.6 Å². The minimum Gasteiger partial charge on any atom is -0.445 e. The van der Waals surface area contributed by atoms with E-state index in [-0.39, 0.29) is 36.6 Å². The Labute approximate surface area is 129 Å². The zero-order chi connectivity index (χ0) is 15.5. The monoisotopic (exact) mass is 300 g/mol. The molecule has 2 heterocycles. The van der Waals surface area contributed by atoms with Gasteiger partial charge in [0.25, 0.3) is 0 Å². The minimum atomic E-state index is -0.345. The summed E-state index contributed by atoms with van der Waals surface area (Å²) in [7, 11) is 0. The summed E-state index contributed by atoms with van der Waals surface area (Å²) >= 11 is 0. The number of fused-ring (bicyclic) bond motifs is 1. The van der Waals surface area contributed by atoms with E-state index in [0.29, 0.717) is 13.0 Å². The molecule has 116 valence electrons. The first-order chi connectivity index (χ1) is 10.7. The van der Waals surface area contributed by atoms with E-state index in [0.717, 1.165) is 12.0 Å². The molecule has 0 saturated carbocycles. The number of nitrogens with zero attached hydrogens (tertiary/aromatic N) is 1. The second-order valence-corrected chi connectivity index (χ2v) is 5.76. The summed E-state index contributed by atoms with van der Waals surface area (Å²) in [4.78, 5) is 26.0. The Morgan fingerprint density at radius 1 is 1.41 bits per heavy atom. The Morgan fingerprint density at radius 2 is 2.18 bits per heavy atom. The number of rotatable bonds is 4. The number of allylic oxidation sites excluding steroid dienone is 1. The van der Waals surface area contributed by atoms with Crippen LogP contribution in [0.3, 0.4) is 0 Å². The number of hydrogen-bond acceptors (Lipinski definition) is 3. The van der Waals surface area contributed by atoms with Crippen molar-refractivity contribution in [2.24, 2.45) is 5.92 Å². The molecule has 1 aromatic rings. The lowest BCUT2D eigenvalue weighted by Gasteiger charge is -2.26. The molecule has 2 amide bonds. The molecule has 0 aliphatic carbocycles. The molecule has 5 nitrogen and oxygen atoms in total. The van der Waals surface area contributed by atoms with Crippen LogP contribution >= 0.6 is 0 Å². The third-order valence-corrected chi connectivity index (χ3v) is 4.39. The zero-order valence-electron chi connectivity index (χ0n) is 12.4. The van der Waals surface area contributed by atoms with Crippen LogP contribution in [-0.2, 0) is 16.1 Å². The summed E-state index contributed by atoms with van der Waals surface area (Å²) in [5.74, 6) is -0.204. The Bertz CT molecular complexity index is 573. The fourth-order valence-corrected chi connectivity index (χ4v) is 3.36. The average Bonchev–Trinajstić information content (AvgIpc) is 3.06. The quantitative estimate of drug-likeness (QED) is 0.866. The first-order valence-electron chi connectivity index (χ1n) is 7.59.